The standard InChI is InChI=1S/C15H22N4O2/c1-4-6-15(3,9-20)19-14(21)18-12-8-17-13-11(10(12)2)5-7-16-13/h5,7-8,20H,4,6,9H2,1-3H3,(H,16,17)(H2,18,19,21). The summed E-state index contributed by atoms with van der Waals surface area (Å²) in [6.07, 6.45) is 5.04. The van der Waals surface area contributed by atoms with Crippen molar-refractivity contribution in [1.82, 2.24) is 15.3 Å². The summed E-state index contributed by atoms with van der Waals surface area (Å²) in [6.45, 7) is 5.69. The number of carbonyl (C=O) groups excluding carboxylic acids is 1. The fourth-order valence-corrected chi connectivity index (χ4v) is 2.43. The van der Waals surface area contributed by atoms with Crippen LogP contribution in [0.1, 0.15) is 32.3 Å². The quantitative estimate of drug-likeness (QED) is 0.682. The molecule has 0 aliphatic heterocycles. The van der Waals surface area contributed by atoms with Crippen molar-refractivity contribution >= 4 is 22.8 Å². The average Bonchev–Trinajstić information content (AvgIpc) is 2.91. The number of urea groups is 1. The second kappa shape index (κ2) is 6.13. The van der Waals surface area contributed by atoms with Crippen LogP contribution >= 0.6 is 0 Å². The Morgan fingerprint density at radius 2 is 2.29 bits per heavy atom. The van der Waals surface area contributed by atoms with Crippen molar-refractivity contribution in [2.24, 2.45) is 0 Å². The molecule has 0 radical (unpaired) electrons. The molecule has 0 fully saturated rings. The van der Waals surface area contributed by atoms with Crippen LogP contribution in [-0.4, -0.2) is 33.3 Å². The fourth-order valence-electron chi connectivity index (χ4n) is 2.43. The molecule has 2 rings (SSSR count). The number of anilines is 1. The Morgan fingerprint density at radius 1 is 1.52 bits per heavy atom. The van der Waals surface area contributed by atoms with Gasteiger partial charge in [-0.25, -0.2) is 9.78 Å². The average molecular weight is 290 g/mol. The number of aromatic amines is 1. The van der Waals surface area contributed by atoms with Gasteiger partial charge in [0, 0.05) is 11.6 Å². The summed E-state index contributed by atoms with van der Waals surface area (Å²) in [5, 5.41) is 16.0. The summed E-state index contributed by atoms with van der Waals surface area (Å²) < 4.78 is 0. The first kappa shape index (κ1) is 15.3. The molecule has 1 unspecified atom stereocenters. The highest BCUT2D eigenvalue weighted by molar-refractivity contribution is 5.94. The smallest absolute Gasteiger partial charge is 0.319 e. The topological polar surface area (TPSA) is 90.0 Å². The molecular weight excluding hydrogens is 268 g/mol. The molecule has 6 nitrogen and oxygen atoms in total. The van der Waals surface area contributed by atoms with Crippen LogP contribution < -0.4 is 10.6 Å². The normalized spacial score (nSPS) is 13.9. The van der Waals surface area contributed by atoms with Gasteiger partial charge in [0.25, 0.3) is 0 Å². The van der Waals surface area contributed by atoms with E-state index in [1.165, 1.54) is 0 Å². The molecule has 6 heteroatoms. The van der Waals surface area contributed by atoms with Crippen LogP contribution in [0, 0.1) is 6.92 Å². The van der Waals surface area contributed by atoms with Gasteiger partial charge in [0.15, 0.2) is 0 Å². The van der Waals surface area contributed by atoms with Crippen LogP contribution in [0.3, 0.4) is 0 Å². The highest BCUT2D eigenvalue weighted by atomic mass is 16.3. The lowest BCUT2D eigenvalue weighted by Crippen LogP contribution is -2.50. The highest BCUT2D eigenvalue weighted by Gasteiger charge is 2.24. The van der Waals surface area contributed by atoms with Crippen molar-refractivity contribution < 1.29 is 9.90 Å². The van der Waals surface area contributed by atoms with E-state index in [0.29, 0.717) is 12.1 Å². The molecule has 0 aliphatic carbocycles. The molecule has 114 valence electrons. The van der Waals surface area contributed by atoms with E-state index in [-0.39, 0.29) is 12.6 Å². The molecule has 0 spiro atoms. The Labute approximate surface area is 124 Å². The lowest BCUT2D eigenvalue weighted by molar-refractivity contribution is 0.167. The first-order chi connectivity index (χ1) is 9.99. The number of pyridine rings is 1. The number of aromatic nitrogens is 2. The van der Waals surface area contributed by atoms with E-state index in [1.807, 2.05) is 33.0 Å². The van der Waals surface area contributed by atoms with Crippen molar-refractivity contribution in [3.8, 4) is 0 Å². The predicted octanol–water partition coefficient (Wildman–Crippen LogP) is 2.54. The minimum absolute atomic E-state index is 0.0949. The van der Waals surface area contributed by atoms with E-state index < -0.39 is 5.54 Å². The molecular formula is C15H22N4O2. The van der Waals surface area contributed by atoms with Crippen LogP contribution in [-0.2, 0) is 0 Å². The Morgan fingerprint density at radius 3 is 2.95 bits per heavy atom. The van der Waals surface area contributed by atoms with Crippen molar-refractivity contribution in [2.45, 2.75) is 39.2 Å². The molecule has 2 heterocycles. The van der Waals surface area contributed by atoms with Crippen LogP contribution in [0.15, 0.2) is 18.5 Å². The molecule has 21 heavy (non-hydrogen) atoms. The second-order valence-corrected chi connectivity index (χ2v) is 5.58. The largest absolute Gasteiger partial charge is 0.394 e. The Kier molecular flexibility index (Phi) is 4.47. The SMILES string of the molecule is CCCC(C)(CO)NC(=O)Nc1cnc2[nH]ccc2c1C. The number of aliphatic hydroxyl groups is 1. The van der Waals surface area contributed by atoms with Gasteiger partial charge in [-0.1, -0.05) is 13.3 Å². The van der Waals surface area contributed by atoms with E-state index >= 15 is 0 Å². The second-order valence-electron chi connectivity index (χ2n) is 5.58. The number of hydrogen-bond acceptors (Lipinski definition) is 3. The van der Waals surface area contributed by atoms with Crippen LogP contribution in [0.2, 0.25) is 0 Å². The molecule has 0 aliphatic rings. The zero-order valence-electron chi connectivity index (χ0n) is 12.7. The van der Waals surface area contributed by atoms with Gasteiger partial charge in [0.05, 0.1) is 24.0 Å². The lowest BCUT2D eigenvalue weighted by Gasteiger charge is -2.28. The third-order valence-electron chi connectivity index (χ3n) is 3.67. The van der Waals surface area contributed by atoms with Gasteiger partial charge in [-0.05, 0) is 31.9 Å². The minimum Gasteiger partial charge on any atom is -0.394 e. The summed E-state index contributed by atoms with van der Waals surface area (Å²) in [4.78, 5) is 19.4. The number of hydrogen-bond donors (Lipinski definition) is 4. The summed E-state index contributed by atoms with van der Waals surface area (Å²) in [7, 11) is 0. The monoisotopic (exact) mass is 290 g/mol. The summed E-state index contributed by atoms with van der Waals surface area (Å²) >= 11 is 0. The van der Waals surface area contributed by atoms with Gasteiger partial charge in [0.2, 0.25) is 0 Å². The van der Waals surface area contributed by atoms with Gasteiger partial charge in [0.1, 0.15) is 5.65 Å². The molecule has 0 saturated heterocycles. The number of carbonyl (C=O) groups is 1. The van der Waals surface area contributed by atoms with Crippen molar-refractivity contribution in [3.05, 3.63) is 24.0 Å². The van der Waals surface area contributed by atoms with Crippen LogP contribution in [0.5, 0.6) is 0 Å². The lowest BCUT2D eigenvalue weighted by atomic mass is 9.98. The molecule has 2 amide bonds. The minimum atomic E-state index is -0.613. The predicted molar refractivity (Wildman–Crippen MR) is 83.4 cm³/mol. The van der Waals surface area contributed by atoms with E-state index in [2.05, 4.69) is 20.6 Å². The number of aryl methyl sites for hydroxylation is 1. The Balaban J connectivity index is 2.12. The summed E-state index contributed by atoms with van der Waals surface area (Å²) in [5.41, 5.74) is 1.80. The number of nitrogens with zero attached hydrogens (tertiary/aromatic N) is 1. The Hall–Kier alpha value is -2.08. The molecule has 1 atom stereocenters. The molecule has 4 N–H and O–H groups in total. The number of fused-ring (bicyclic) bond motifs is 1. The molecule has 2 aromatic heterocycles. The van der Waals surface area contributed by atoms with Crippen LogP contribution in [0.4, 0.5) is 10.5 Å². The number of H-pyrrole nitrogens is 1. The maximum atomic E-state index is 12.1. The van der Waals surface area contributed by atoms with Crippen molar-refractivity contribution in [1.29, 1.82) is 0 Å². The van der Waals surface area contributed by atoms with E-state index in [1.54, 1.807) is 6.20 Å². The zero-order chi connectivity index (χ0) is 15.5. The third-order valence-corrected chi connectivity index (χ3v) is 3.67. The molecule has 0 aromatic carbocycles. The number of rotatable bonds is 5. The van der Waals surface area contributed by atoms with Gasteiger partial charge in [-0.3, -0.25) is 0 Å². The number of nitrogens with one attached hydrogen (secondary N) is 3. The summed E-state index contributed by atoms with van der Waals surface area (Å²) in [5.74, 6) is 0. The maximum Gasteiger partial charge on any atom is 0.319 e. The fraction of sp³-hybridized carbons (Fsp3) is 0.467. The summed E-state index contributed by atoms with van der Waals surface area (Å²) in [6, 6.07) is 1.59. The van der Waals surface area contributed by atoms with E-state index in [9.17, 15) is 9.90 Å². The molecule has 0 saturated carbocycles. The molecule has 2 aromatic rings. The van der Waals surface area contributed by atoms with Gasteiger partial charge < -0.3 is 20.7 Å². The van der Waals surface area contributed by atoms with Crippen molar-refractivity contribution in [3.63, 3.8) is 0 Å². The maximum absolute atomic E-state index is 12.1. The Bertz CT molecular complexity index is 638. The number of amides is 2. The van der Waals surface area contributed by atoms with Crippen molar-refractivity contribution in [2.75, 3.05) is 11.9 Å². The van der Waals surface area contributed by atoms with Gasteiger partial charge >= 0.3 is 6.03 Å². The van der Waals surface area contributed by atoms with Gasteiger partial charge in [-0.2, -0.15) is 0 Å². The highest BCUT2D eigenvalue weighted by Crippen LogP contribution is 2.22. The first-order valence-corrected chi connectivity index (χ1v) is 7.12. The first-order valence-electron chi connectivity index (χ1n) is 7.12. The van der Waals surface area contributed by atoms with E-state index in [0.717, 1.165) is 23.0 Å². The number of aliphatic hydroxyl groups excluding tert-OH is 1. The van der Waals surface area contributed by atoms with E-state index in [4.69, 9.17) is 0 Å². The third kappa shape index (κ3) is 3.33. The molecule has 0 bridgehead atoms. The zero-order valence-corrected chi connectivity index (χ0v) is 12.7. The van der Waals surface area contributed by atoms with Crippen LogP contribution in [0.25, 0.3) is 11.0 Å². The van der Waals surface area contributed by atoms with Gasteiger partial charge in [-0.15, -0.1) is 0 Å².